The number of hydrogen-bond donors (Lipinski definition) is 6. The van der Waals surface area contributed by atoms with E-state index in [1.807, 2.05) is 121 Å². The van der Waals surface area contributed by atoms with Crippen molar-refractivity contribution in [1.29, 1.82) is 0 Å². The normalized spacial score (nSPS) is 23.7. The molecule has 2 saturated heterocycles. The van der Waals surface area contributed by atoms with E-state index in [2.05, 4.69) is 31.9 Å². The summed E-state index contributed by atoms with van der Waals surface area (Å²) in [7, 11) is 0. The topological polar surface area (TPSA) is 314 Å². The number of nitrogens with zero attached hydrogens (tertiary/aromatic N) is 2. The quantitative estimate of drug-likeness (QED) is 0.0204. The third kappa shape index (κ3) is 22.0. The van der Waals surface area contributed by atoms with Crippen LogP contribution in [-0.2, 0) is 66.8 Å². The first-order valence-corrected chi connectivity index (χ1v) is 36.5. The van der Waals surface area contributed by atoms with Gasteiger partial charge in [0.05, 0.1) is 94.0 Å². The first-order chi connectivity index (χ1) is 50.4. The molecule has 6 aliphatic rings. The number of likely N-dealkylation sites (tertiary alicyclic amines) is 2. The maximum Gasteiger partial charge on any atom is 0.331 e. The fraction of sp³-hybridized carbons (Fsp3) is 0.500. The lowest BCUT2D eigenvalue weighted by Gasteiger charge is -2.24. The minimum Gasteiger partial charge on any atom is -0.483 e. The zero-order chi connectivity index (χ0) is 74.4. The van der Waals surface area contributed by atoms with Gasteiger partial charge in [0.15, 0.2) is 12.6 Å². The smallest absolute Gasteiger partial charge is 0.331 e. The van der Waals surface area contributed by atoms with Crippen molar-refractivity contribution in [3.05, 3.63) is 173 Å². The summed E-state index contributed by atoms with van der Waals surface area (Å²) in [5.74, 6) is -9.20. The molecular formula is C80H98N8O17. The Kier molecular flexibility index (Phi) is 25.5. The van der Waals surface area contributed by atoms with Crippen molar-refractivity contribution in [2.45, 2.75) is 139 Å². The van der Waals surface area contributed by atoms with E-state index in [4.69, 9.17) is 33.2 Å². The van der Waals surface area contributed by atoms with Crippen molar-refractivity contribution in [2.24, 2.45) is 23.7 Å². The average molecular weight is 1440 g/mol. The van der Waals surface area contributed by atoms with Crippen LogP contribution in [0.4, 0.5) is 0 Å². The third-order valence-corrected chi connectivity index (χ3v) is 19.6. The van der Waals surface area contributed by atoms with Gasteiger partial charge in [0.1, 0.15) is 18.0 Å². The van der Waals surface area contributed by atoms with Gasteiger partial charge < -0.3 is 74.9 Å². The summed E-state index contributed by atoms with van der Waals surface area (Å²) >= 11 is 0. The highest BCUT2D eigenvalue weighted by Gasteiger charge is 2.52. The number of amides is 8. The molecule has 105 heavy (non-hydrogen) atoms. The van der Waals surface area contributed by atoms with Crippen LogP contribution in [0, 0.1) is 23.7 Å². The summed E-state index contributed by atoms with van der Waals surface area (Å²) in [6, 6.07) is 41.4. The Balaban J connectivity index is 0.761. The molecule has 0 radical (unpaired) electrons. The fourth-order valence-corrected chi connectivity index (χ4v) is 13.7. The van der Waals surface area contributed by atoms with E-state index < -0.39 is 83.7 Å². The Bertz CT molecular complexity index is 3720. The molecule has 11 rings (SSSR count). The standard InChI is InChI=1S/C80H98N8O17/c1-79(2,3)104-47-67(78(98)102-36-35-101-34-33-100-32-31-99-30-29-71(91)105-80(4,5)6)82-69(89)42-81-70(90)48-103-68-37-53(76(96)87-43-59(72(92)83-63-38-55(63)49-19-11-7-12-20-49)60(44-87)73(93)84-64-39-56(64)50-21-13-8-14-22-50)27-28-54(68)77(97)88-45-61(74(94)85-65-40-57(65)51-23-15-9-16-24-51)62(46-88)75(95)86-66-41-58(66)52-25-17-10-18-26-52/h7-28,37,55-67H,29-36,38-48H2,1-6H3,(H,81,90)(H,82,89)(H,83,92)(H,84,93)(H,85,94)(H,86,95)/t55-,56-,57-,58-,59-,60-,61-,62-,63+,64+,65+,66+,67+/m1/s1. The number of esters is 2. The molecule has 0 spiro atoms. The SMILES string of the molecule is CC(C)(C)OC[C@H](NC(=O)CNC(=O)COc1cc(C(=O)N2C[C@@H](C(=O)N[C@H]3C[C@@H]3c3ccccc3)[C@H](C(=O)N[C@H]3C[C@@H]3c3ccccc3)C2)ccc1C(=O)N1C[C@@H](C(=O)N[C@H]2C[C@@H]2c2ccccc2)[C@H](C(=O)N[C@H]2C[C@@H]2c2ccccc2)C1)C(=O)OCCOCCOCCOCCC(=O)OC(C)(C)C. The van der Waals surface area contributed by atoms with E-state index in [9.17, 15) is 38.4 Å². The second-order valence-corrected chi connectivity index (χ2v) is 30.0. The van der Waals surface area contributed by atoms with Gasteiger partial charge in [-0.2, -0.15) is 0 Å². The minimum absolute atomic E-state index is 0.00644. The van der Waals surface area contributed by atoms with E-state index in [0.717, 1.165) is 22.3 Å². The molecule has 2 aliphatic heterocycles. The van der Waals surface area contributed by atoms with Crippen molar-refractivity contribution in [1.82, 2.24) is 41.7 Å². The fourth-order valence-electron chi connectivity index (χ4n) is 13.7. The molecule has 2 heterocycles. The average Bonchev–Trinajstić information content (AvgIpc) is 1.69. The van der Waals surface area contributed by atoms with E-state index in [1.54, 1.807) is 41.5 Å². The highest BCUT2D eigenvalue weighted by Crippen LogP contribution is 2.45. The first-order valence-electron chi connectivity index (χ1n) is 36.5. The molecule has 8 amide bonds. The Morgan fingerprint density at radius 1 is 0.457 bits per heavy atom. The molecule has 5 aromatic rings. The molecule has 25 nitrogen and oxygen atoms in total. The summed E-state index contributed by atoms with van der Waals surface area (Å²) in [6.45, 7) is 9.33. The van der Waals surface area contributed by atoms with Crippen LogP contribution in [0.15, 0.2) is 140 Å². The molecule has 4 saturated carbocycles. The third-order valence-electron chi connectivity index (χ3n) is 19.6. The number of ether oxygens (including phenoxy) is 7. The largest absolute Gasteiger partial charge is 0.483 e. The number of nitrogens with one attached hydrogen (secondary N) is 6. The molecule has 13 atom stereocenters. The lowest BCUT2D eigenvalue weighted by molar-refractivity contribution is -0.156. The predicted molar refractivity (Wildman–Crippen MR) is 385 cm³/mol. The molecule has 5 aromatic carbocycles. The van der Waals surface area contributed by atoms with Gasteiger partial charge in [-0.15, -0.1) is 0 Å². The van der Waals surface area contributed by atoms with Crippen molar-refractivity contribution in [3.8, 4) is 5.75 Å². The van der Waals surface area contributed by atoms with Gasteiger partial charge >= 0.3 is 11.9 Å². The number of carbonyl (C=O) groups is 10. The van der Waals surface area contributed by atoms with Crippen LogP contribution >= 0.6 is 0 Å². The number of rotatable bonds is 35. The number of carbonyl (C=O) groups excluding carboxylic acids is 10. The van der Waals surface area contributed by atoms with Gasteiger partial charge in [-0.25, -0.2) is 4.79 Å². The monoisotopic (exact) mass is 1440 g/mol. The molecule has 6 fully saturated rings. The predicted octanol–water partition coefficient (Wildman–Crippen LogP) is 5.87. The Hall–Kier alpha value is -9.56. The summed E-state index contributed by atoms with van der Waals surface area (Å²) in [5.41, 5.74) is 2.89. The maximum absolute atomic E-state index is 15.3. The van der Waals surface area contributed by atoms with E-state index >= 15 is 9.59 Å². The van der Waals surface area contributed by atoms with Gasteiger partial charge in [0.2, 0.25) is 29.5 Å². The van der Waals surface area contributed by atoms with E-state index in [0.29, 0.717) is 25.7 Å². The van der Waals surface area contributed by atoms with Crippen molar-refractivity contribution >= 4 is 59.2 Å². The Morgan fingerprint density at radius 3 is 1.25 bits per heavy atom. The minimum atomic E-state index is -1.31. The molecule has 6 N–H and O–H groups in total. The zero-order valence-corrected chi connectivity index (χ0v) is 60.6. The van der Waals surface area contributed by atoms with E-state index in [1.165, 1.54) is 28.0 Å². The van der Waals surface area contributed by atoms with Crippen molar-refractivity contribution < 1.29 is 81.1 Å². The molecule has 25 heteroatoms. The Morgan fingerprint density at radius 2 is 0.848 bits per heavy atom. The van der Waals surface area contributed by atoms with Crippen LogP contribution in [-0.4, -0.2) is 203 Å². The molecule has 0 bridgehead atoms. The van der Waals surface area contributed by atoms with Crippen LogP contribution in [0.3, 0.4) is 0 Å². The van der Waals surface area contributed by atoms with Crippen LogP contribution in [0.1, 0.15) is 140 Å². The molecule has 0 aromatic heterocycles. The summed E-state index contributed by atoms with van der Waals surface area (Å²) < 4.78 is 39.3. The highest BCUT2D eigenvalue weighted by molar-refractivity contribution is 6.02. The number of benzene rings is 5. The zero-order valence-electron chi connectivity index (χ0n) is 60.6. The van der Waals surface area contributed by atoms with Crippen LogP contribution in [0.5, 0.6) is 5.75 Å². The van der Waals surface area contributed by atoms with Gasteiger partial charge in [0.25, 0.3) is 17.7 Å². The van der Waals surface area contributed by atoms with E-state index in [-0.39, 0.29) is 180 Å². The summed E-state index contributed by atoms with van der Waals surface area (Å²) in [4.78, 5) is 144. The van der Waals surface area contributed by atoms with Gasteiger partial charge in [-0.3, -0.25) is 43.2 Å². The summed E-state index contributed by atoms with van der Waals surface area (Å²) in [5, 5.41) is 17.7. The lowest BCUT2D eigenvalue weighted by atomic mass is 9.94. The van der Waals surface area contributed by atoms with Crippen molar-refractivity contribution in [2.75, 3.05) is 92.2 Å². The van der Waals surface area contributed by atoms with Gasteiger partial charge in [-0.05, 0) is 108 Å². The first kappa shape index (κ1) is 76.6. The molecule has 4 aliphatic carbocycles. The van der Waals surface area contributed by atoms with Gasteiger partial charge in [0, 0.05) is 79.6 Å². The second-order valence-electron chi connectivity index (χ2n) is 30.0. The van der Waals surface area contributed by atoms with Crippen molar-refractivity contribution in [3.63, 3.8) is 0 Å². The Labute approximate surface area is 612 Å². The van der Waals surface area contributed by atoms with Gasteiger partial charge in [-0.1, -0.05) is 121 Å². The van der Waals surface area contributed by atoms with Crippen LogP contribution in [0.25, 0.3) is 0 Å². The molecular weight excluding hydrogens is 1340 g/mol. The molecule has 0 unspecified atom stereocenters. The van der Waals surface area contributed by atoms with Crippen LogP contribution in [0.2, 0.25) is 0 Å². The number of hydrogen-bond acceptors (Lipinski definition) is 17. The maximum atomic E-state index is 15.3. The highest BCUT2D eigenvalue weighted by atomic mass is 16.6. The second kappa shape index (κ2) is 35.0. The summed E-state index contributed by atoms with van der Waals surface area (Å²) in [6.07, 6.45) is 2.96. The molecule has 560 valence electrons. The lowest BCUT2D eigenvalue weighted by Crippen LogP contribution is -2.49. The van der Waals surface area contributed by atoms with Crippen LogP contribution < -0.4 is 36.6 Å².